The smallest absolute Gasteiger partial charge is 0.163 e. The second kappa shape index (κ2) is 12.9. The van der Waals surface area contributed by atoms with Crippen LogP contribution in [0.2, 0.25) is 0 Å². The maximum atomic E-state index is 11.8. The molecule has 1 unspecified atom stereocenters. The molecular weight excluding hydrogens is 451 g/mol. The summed E-state index contributed by atoms with van der Waals surface area (Å²) < 4.78 is 11.0. The predicted octanol–water partition coefficient (Wildman–Crippen LogP) is 3.92. The van der Waals surface area contributed by atoms with E-state index in [0.717, 1.165) is 26.2 Å². The molecule has 0 saturated carbocycles. The number of piperazine rings is 1. The minimum Gasteiger partial charge on any atom is -0.497 e. The highest BCUT2D eigenvalue weighted by atomic mass is 35.5. The number of rotatable bonds is 8. The summed E-state index contributed by atoms with van der Waals surface area (Å²) in [7, 11) is 1.57. The zero-order valence-electron chi connectivity index (χ0n) is 19.2. The molecule has 0 aromatic heterocycles. The molecule has 0 radical (unpaired) electrons. The van der Waals surface area contributed by atoms with Crippen LogP contribution in [0.5, 0.6) is 11.5 Å². The molecule has 1 aliphatic rings. The van der Waals surface area contributed by atoms with Crippen molar-refractivity contribution in [2.75, 3.05) is 51.3 Å². The van der Waals surface area contributed by atoms with E-state index in [2.05, 4.69) is 41.8 Å². The number of ether oxygens (including phenoxy) is 2. The van der Waals surface area contributed by atoms with Crippen molar-refractivity contribution in [2.24, 2.45) is 0 Å². The zero-order chi connectivity index (χ0) is 21.7. The maximum absolute atomic E-state index is 11.8. The van der Waals surface area contributed by atoms with Gasteiger partial charge in [0.2, 0.25) is 0 Å². The van der Waals surface area contributed by atoms with Gasteiger partial charge in [-0.05, 0) is 56.2 Å². The van der Waals surface area contributed by atoms with Crippen LogP contribution in [-0.2, 0) is 0 Å². The molecule has 1 heterocycles. The molecular formula is C24H34Cl2N2O4. The highest BCUT2D eigenvalue weighted by molar-refractivity contribution is 5.97. The first-order valence-electron chi connectivity index (χ1n) is 10.4. The molecule has 6 nitrogen and oxygen atoms in total. The Kier molecular flexibility index (Phi) is 11.3. The van der Waals surface area contributed by atoms with Gasteiger partial charge in [-0.1, -0.05) is 6.07 Å². The quantitative estimate of drug-likeness (QED) is 0.572. The number of anilines is 1. The van der Waals surface area contributed by atoms with Crippen molar-refractivity contribution < 1.29 is 19.4 Å². The van der Waals surface area contributed by atoms with E-state index in [0.29, 0.717) is 23.6 Å². The van der Waals surface area contributed by atoms with Crippen LogP contribution in [0, 0.1) is 13.8 Å². The molecule has 1 saturated heterocycles. The van der Waals surface area contributed by atoms with Gasteiger partial charge in [-0.2, -0.15) is 0 Å². The molecule has 1 fully saturated rings. The number of carbonyl (C=O) groups excluding carboxylic acids is 1. The number of ketones is 1. The lowest BCUT2D eigenvalue weighted by Crippen LogP contribution is -2.49. The third kappa shape index (κ3) is 7.27. The third-order valence-corrected chi connectivity index (χ3v) is 5.70. The van der Waals surface area contributed by atoms with E-state index in [1.807, 2.05) is 0 Å². The van der Waals surface area contributed by atoms with Crippen LogP contribution in [0.3, 0.4) is 0 Å². The second-order valence-electron chi connectivity index (χ2n) is 7.94. The predicted molar refractivity (Wildman–Crippen MR) is 134 cm³/mol. The fourth-order valence-electron chi connectivity index (χ4n) is 3.69. The number of nitrogens with zero attached hydrogens (tertiary/aromatic N) is 2. The van der Waals surface area contributed by atoms with Crippen LogP contribution in [0.25, 0.3) is 0 Å². The van der Waals surface area contributed by atoms with Crippen molar-refractivity contribution >= 4 is 36.3 Å². The van der Waals surface area contributed by atoms with Crippen molar-refractivity contribution in [2.45, 2.75) is 26.9 Å². The standard InChI is InChI=1S/C24H32N2O4.2ClH/c1-17-5-6-20(13-18(17)2)26-11-9-25(10-12-26)15-21(28)16-30-24-14-22(29-4)7-8-23(24)19(3)27;;/h5-8,13-14,21,28H,9-12,15-16H2,1-4H3;2*1H. The molecule has 0 spiro atoms. The largest absolute Gasteiger partial charge is 0.497 e. The Hall–Kier alpha value is -1.99. The van der Waals surface area contributed by atoms with Gasteiger partial charge in [-0.3, -0.25) is 9.69 Å². The van der Waals surface area contributed by atoms with Crippen molar-refractivity contribution in [1.29, 1.82) is 0 Å². The third-order valence-electron chi connectivity index (χ3n) is 5.70. The van der Waals surface area contributed by atoms with E-state index >= 15 is 0 Å². The number of β-amino-alcohol motifs (C(OH)–C–C–N with tert-alkyl or cyclic N) is 1. The number of halogens is 2. The highest BCUT2D eigenvalue weighted by Crippen LogP contribution is 2.25. The zero-order valence-corrected chi connectivity index (χ0v) is 20.8. The Bertz CT molecular complexity index is 886. The summed E-state index contributed by atoms with van der Waals surface area (Å²) in [5, 5.41) is 10.5. The first kappa shape index (κ1) is 28.0. The number of methoxy groups -OCH3 is 1. The number of carbonyl (C=O) groups is 1. The normalized spacial score (nSPS) is 14.7. The van der Waals surface area contributed by atoms with Gasteiger partial charge in [-0.15, -0.1) is 24.8 Å². The summed E-state index contributed by atoms with van der Waals surface area (Å²) in [4.78, 5) is 16.5. The molecule has 2 aromatic rings. The summed E-state index contributed by atoms with van der Waals surface area (Å²) >= 11 is 0. The lowest BCUT2D eigenvalue weighted by molar-refractivity contribution is 0.0655. The topological polar surface area (TPSA) is 62.2 Å². The van der Waals surface area contributed by atoms with Crippen LogP contribution in [0.4, 0.5) is 5.69 Å². The van der Waals surface area contributed by atoms with E-state index < -0.39 is 6.10 Å². The molecule has 1 N–H and O–H groups in total. The molecule has 2 aromatic carbocycles. The van der Waals surface area contributed by atoms with Gasteiger partial charge in [0.25, 0.3) is 0 Å². The first-order valence-corrected chi connectivity index (χ1v) is 10.4. The average Bonchev–Trinajstić information content (AvgIpc) is 2.74. The van der Waals surface area contributed by atoms with E-state index in [1.54, 1.807) is 25.3 Å². The number of aliphatic hydroxyl groups is 1. The summed E-state index contributed by atoms with van der Waals surface area (Å²) in [5.41, 5.74) is 4.37. The Labute approximate surface area is 203 Å². The van der Waals surface area contributed by atoms with Crippen LogP contribution >= 0.6 is 24.8 Å². The Balaban J connectivity index is 0.00000256. The summed E-state index contributed by atoms with van der Waals surface area (Å²) in [6.07, 6.45) is -0.635. The van der Waals surface area contributed by atoms with E-state index in [1.165, 1.54) is 23.7 Å². The molecule has 1 atom stereocenters. The molecule has 1 aliphatic heterocycles. The SMILES string of the molecule is COc1ccc(C(C)=O)c(OCC(O)CN2CCN(c3ccc(C)c(C)c3)CC2)c1.Cl.Cl. The number of benzene rings is 2. The summed E-state index contributed by atoms with van der Waals surface area (Å²) in [6, 6.07) is 11.7. The summed E-state index contributed by atoms with van der Waals surface area (Å²) in [5.74, 6) is 0.983. The summed E-state index contributed by atoms with van der Waals surface area (Å²) in [6.45, 7) is 10.1. The minimum atomic E-state index is -0.635. The monoisotopic (exact) mass is 484 g/mol. The van der Waals surface area contributed by atoms with Crippen molar-refractivity contribution in [3.63, 3.8) is 0 Å². The second-order valence-corrected chi connectivity index (χ2v) is 7.94. The average molecular weight is 485 g/mol. The van der Waals surface area contributed by atoms with Gasteiger partial charge in [0.15, 0.2) is 5.78 Å². The van der Waals surface area contributed by atoms with Crippen molar-refractivity contribution in [3.05, 3.63) is 53.1 Å². The molecule has 0 aliphatic carbocycles. The van der Waals surface area contributed by atoms with Gasteiger partial charge >= 0.3 is 0 Å². The maximum Gasteiger partial charge on any atom is 0.163 e. The minimum absolute atomic E-state index is 0. The molecule has 0 bridgehead atoms. The fourth-order valence-corrected chi connectivity index (χ4v) is 3.69. The Morgan fingerprint density at radius 1 is 1.03 bits per heavy atom. The number of aliphatic hydroxyl groups excluding tert-OH is 1. The highest BCUT2D eigenvalue weighted by Gasteiger charge is 2.20. The number of Topliss-reactive ketones (excluding diaryl/α,β-unsaturated/α-hetero) is 1. The Morgan fingerprint density at radius 3 is 2.31 bits per heavy atom. The van der Waals surface area contributed by atoms with Crippen LogP contribution in [0.15, 0.2) is 36.4 Å². The fraction of sp³-hybridized carbons (Fsp3) is 0.458. The first-order chi connectivity index (χ1) is 14.4. The lowest BCUT2D eigenvalue weighted by Gasteiger charge is -2.37. The van der Waals surface area contributed by atoms with Crippen molar-refractivity contribution in [1.82, 2.24) is 4.90 Å². The van der Waals surface area contributed by atoms with E-state index in [-0.39, 0.29) is 37.2 Å². The lowest BCUT2D eigenvalue weighted by atomic mass is 10.1. The van der Waals surface area contributed by atoms with Gasteiger partial charge in [0, 0.05) is 44.5 Å². The van der Waals surface area contributed by atoms with Crippen LogP contribution < -0.4 is 14.4 Å². The van der Waals surface area contributed by atoms with Gasteiger partial charge in [0.1, 0.15) is 24.2 Å². The van der Waals surface area contributed by atoms with E-state index in [4.69, 9.17) is 9.47 Å². The molecule has 32 heavy (non-hydrogen) atoms. The molecule has 0 amide bonds. The van der Waals surface area contributed by atoms with Gasteiger partial charge in [-0.25, -0.2) is 0 Å². The van der Waals surface area contributed by atoms with Crippen molar-refractivity contribution in [3.8, 4) is 11.5 Å². The molecule has 178 valence electrons. The number of aryl methyl sites for hydroxylation is 2. The van der Waals surface area contributed by atoms with E-state index in [9.17, 15) is 9.90 Å². The molecule has 8 heteroatoms. The van der Waals surface area contributed by atoms with Gasteiger partial charge < -0.3 is 19.5 Å². The number of hydrogen-bond donors (Lipinski definition) is 1. The van der Waals surface area contributed by atoms with Crippen LogP contribution in [0.1, 0.15) is 28.4 Å². The Morgan fingerprint density at radius 2 is 1.72 bits per heavy atom. The van der Waals surface area contributed by atoms with Gasteiger partial charge in [0.05, 0.1) is 12.7 Å². The number of hydrogen-bond acceptors (Lipinski definition) is 6. The molecule has 3 rings (SSSR count). The van der Waals surface area contributed by atoms with Crippen LogP contribution in [-0.4, -0.2) is 68.3 Å².